The average Bonchev–Trinajstić information content (AvgIpc) is 2.34. The Morgan fingerprint density at radius 3 is 2.53 bits per heavy atom. The highest BCUT2D eigenvalue weighted by Gasteiger charge is 2.17. The molecule has 3 N–H and O–H groups in total. The fourth-order valence-electron chi connectivity index (χ4n) is 2.03. The van der Waals surface area contributed by atoms with Crippen LogP contribution in [0, 0.1) is 0 Å². The zero-order valence-electron chi connectivity index (χ0n) is 11.7. The molecule has 0 amide bonds. The molecule has 102 valence electrons. The lowest BCUT2D eigenvalue weighted by atomic mass is 10.0. The molecule has 0 unspecified atom stereocenters. The highest BCUT2D eigenvalue weighted by molar-refractivity contribution is 5.89. The van der Waals surface area contributed by atoms with Gasteiger partial charge in [0.25, 0.3) is 0 Å². The minimum absolute atomic E-state index is 0.110. The summed E-state index contributed by atoms with van der Waals surface area (Å²) >= 11 is 0. The third-order valence-corrected chi connectivity index (χ3v) is 2.97. The third kappa shape index (κ3) is 3.25. The second kappa shape index (κ2) is 5.19. The summed E-state index contributed by atoms with van der Waals surface area (Å²) in [6.07, 6.45) is 0. The van der Waals surface area contributed by atoms with Crippen molar-refractivity contribution in [3.63, 3.8) is 0 Å². The highest BCUT2D eigenvalue weighted by Crippen LogP contribution is 2.33. The molecule has 0 fully saturated rings. The van der Waals surface area contributed by atoms with Gasteiger partial charge in [-0.2, -0.15) is 0 Å². The van der Waals surface area contributed by atoms with E-state index in [1.54, 1.807) is 13.8 Å². The number of benzene rings is 2. The van der Waals surface area contributed by atoms with E-state index in [-0.39, 0.29) is 12.6 Å². The summed E-state index contributed by atoms with van der Waals surface area (Å²) in [5.41, 5.74) is 6.09. The molecule has 2 aromatic carbocycles. The minimum atomic E-state index is -0.869. The minimum Gasteiger partial charge on any atom is -0.490 e. The number of rotatable bonds is 4. The van der Waals surface area contributed by atoms with Crippen molar-refractivity contribution in [2.24, 2.45) is 5.73 Å². The summed E-state index contributed by atoms with van der Waals surface area (Å²) in [6, 6.07) is 12.0. The van der Waals surface area contributed by atoms with Crippen molar-refractivity contribution in [1.82, 2.24) is 0 Å². The van der Waals surface area contributed by atoms with E-state index in [1.165, 1.54) is 0 Å². The second-order valence-corrected chi connectivity index (χ2v) is 5.59. The number of hydrogen-bond acceptors (Lipinski definition) is 3. The summed E-state index contributed by atoms with van der Waals surface area (Å²) in [5.74, 6) is 0.773. The van der Waals surface area contributed by atoms with Gasteiger partial charge in [-0.1, -0.05) is 36.4 Å². The van der Waals surface area contributed by atoms with Crippen molar-refractivity contribution in [3.05, 3.63) is 42.0 Å². The molecule has 0 aliphatic rings. The average molecular weight is 259 g/mol. The monoisotopic (exact) mass is 259 g/mol. The Morgan fingerprint density at radius 1 is 1.21 bits per heavy atom. The number of hydrogen-bond donors (Lipinski definition) is 2. The molecule has 0 saturated heterocycles. The SMILES string of the molecule is C[C@H](N)c1ccc2ccccc2c1OCC(C)(C)O. The maximum Gasteiger partial charge on any atom is 0.132 e. The van der Waals surface area contributed by atoms with E-state index in [2.05, 4.69) is 0 Å². The molecule has 0 aliphatic heterocycles. The molecule has 2 aromatic rings. The molecule has 19 heavy (non-hydrogen) atoms. The van der Waals surface area contributed by atoms with E-state index in [0.717, 1.165) is 22.1 Å². The van der Waals surface area contributed by atoms with Crippen LogP contribution in [-0.2, 0) is 0 Å². The predicted molar refractivity (Wildman–Crippen MR) is 78.3 cm³/mol. The number of aliphatic hydroxyl groups is 1. The highest BCUT2D eigenvalue weighted by atomic mass is 16.5. The summed E-state index contributed by atoms with van der Waals surface area (Å²) in [6.45, 7) is 5.62. The number of fused-ring (bicyclic) bond motifs is 1. The Hall–Kier alpha value is -1.58. The molecule has 3 nitrogen and oxygen atoms in total. The topological polar surface area (TPSA) is 55.5 Å². The van der Waals surface area contributed by atoms with E-state index in [9.17, 15) is 5.11 Å². The fourth-order valence-corrected chi connectivity index (χ4v) is 2.03. The maximum atomic E-state index is 9.82. The lowest BCUT2D eigenvalue weighted by Crippen LogP contribution is -2.28. The quantitative estimate of drug-likeness (QED) is 0.887. The molecule has 0 saturated carbocycles. The van der Waals surface area contributed by atoms with Gasteiger partial charge >= 0.3 is 0 Å². The van der Waals surface area contributed by atoms with Gasteiger partial charge in [0.1, 0.15) is 12.4 Å². The molecule has 3 heteroatoms. The van der Waals surface area contributed by atoms with Gasteiger partial charge in [-0.3, -0.25) is 0 Å². The molecule has 0 bridgehead atoms. The van der Waals surface area contributed by atoms with Crippen LogP contribution in [0.3, 0.4) is 0 Å². The van der Waals surface area contributed by atoms with Gasteiger partial charge in [0.05, 0.1) is 5.60 Å². The number of ether oxygens (including phenoxy) is 1. The van der Waals surface area contributed by atoms with Crippen LogP contribution in [0.25, 0.3) is 10.8 Å². The van der Waals surface area contributed by atoms with Gasteiger partial charge in [-0.25, -0.2) is 0 Å². The molecule has 0 heterocycles. The molecule has 1 atom stereocenters. The largest absolute Gasteiger partial charge is 0.490 e. The Bertz CT molecular complexity index is 570. The van der Waals surface area contributed by atoms with E-state index in [4.69, 9.17) is 10.5 Å². The smallest absolute Gasteiger partial charge is 0.132 e. The normalized spacial score (nSPS) is 13.5. The summed E-state index contributed by atoms with van der Waals surface area (Å²) in [4.78, 5) is 0. The van der Waals surface area contributed by atoms with Gasteiger partial charge in [0.2, 0.25) is 0 Å². The summed E-state index contributed by atoms with van der Waals surface area (Å²) in [5, 5.41) is 12.0. The lowest BCUT2D eigenvalue weighted by Gasteiger charge is -2.22. The molecule has 0 aromatic heterocycles. The lowest BCUT2D eigenvalue weighted by molar-refractivity contribution is 0.0286. The van der Waals surface area contributed by atoms with Gasteiger partial charge in [-0.15, -0.1) is 0 Å². The van der Waals surface area contributed by atoms with Crippen LogP contribution >= 0.6 is 0 Å². The predicted octanol–water partition coefficient (Wildman–Crippen LogP) is 3.01. The van der Waals surface area contributed by atoms with Crippen molar-refractivity contribution in [2.45, 2.75) is 32.4 Å². The molecule has 0 radical (unpaired) electrons. The zero-order chi connectivity index (χ0) is 14.0. The first-order valence-corrected chi connectivity index (χ1v) is 6.51. The van der Waals surface area contributed by atoms with Gasteiger partial charge in [0.15, 0.2) is 0 Å². The van der Waals surface area contributed by atoms with E-state index >= 15 is 0 Å². The Kier molecular flexibility index (Phi) is 3.78. The van der Waals surface area contributed by atoms with Crippen molar-refractivity contribution in [3.8, 4) is 5.75 Å². The van der Waals surface area contributed by atoms with Crippen LogP contribution < -0.4 is 10.5 Å². The molecule has 0 spiro atoms. The molecule has 2 rings (SSSR count). The zero-order valence-corrected chi connectivity index (χ0v) is 11.7. The second-order valence-electron chi connectivity index (χ2n) is 5.59. The first-order chi connectivity index (χ1) is 8.88. The van der Waals surface area contributed by atoms with Gasteiger partial charge in [0, 0.05) is 17.0 Å². The fraction of sp³-hybridized carbons (Fsp3) is 0.375. The first-order valence-electron chi connectivity index (χ1n) is 6.51. The maximum absolute atomic E-state index is 9.82. The van der Waals surface area contributed by atoms with Crippen molar-refractivity contribution in [2.75, 3.05) is 6.61 Å². The molecular weight excluding hydrogens is 238 g/mol. The Balaban J connectivity index is 2.50. The Morgan fingerprint density at radius 2 is 1.89 bits per heavy atom. The number of nitrogens with two attached hydrogens (primary N) is 1. The van der Waals surface area contributed by atoms with Crippen molar-refractivity contribution in [1.29, 1.82) is 0 Å². The van der Waals surface area contributed by atoms with Gasteiger partial charge < -0.3 is 15.6 Å². The molecular formula is C16H21NO2. The van der Waals surface area contributed by atoms with Crippen LogP contribution in [0.15, 0.2) is 36.4 Å². The van der Waals surface area contributed by atoms with Crippen molar-refractivity contribution >= 4 is 10.8 Å². The first kappa shape index (κ1) is 13.8. The van der Waals surface area contributed by atoms with Gasteiger partial charge in [-0.05, 0) is 26.2 Å². The van der Waals surface area contributed by atoms with Crippen molar-refractivity contribution < 1.29 is 9.84 Å². The Labute approximate surface area is 114 Å². The van der Waals surface area contributed by atoms with Crippen LogP contribution in [0.1, 0.15) is 32.4 Å². The van der Waals surface area contributed by atoms with E-state index in [1.807, 2.05) is 43.3 Å². The van der Waals surface area contributed by atoms with Crippen LogP contribution in [0.5, 0.6) is 5.75 Å². The van der Waals surface area contributed by atoms with Crippen LogP contribution in [0.2, 0.25) is 0 Å². The summed E-state index contributed by atoms with van der Waals surface area (Å²) < 4.78 is 5.85. The third-order valence-electron chi connectivity index (χ3n) is 2.97. The van der Waals surface area contributed by atoms with E-state index in [0.29, 0.717) is 0 Å². The summed E-state index contributed by atoms with van der Waals surface area (Å²) in [7, 11) is 0. The van der Waals surface area contributed by atoms with Crippen LogP contribution in [-0.4, -0.2) is 17.3 Å². The molecule has 0 aliphatic carbocycles. The standard InChI is InChI=1S/C16H21NO2/c1-11(17)13-9-8-12-6-4-5-7-14(12)15(13)19-10-16(2,3)18/h4-9,11,18H,10,17H2,1-3H3/t11-/m0/s1. The van der Waals surface area contributed by atoms with Crippen LogP contribution in [0.4, 0.5) is 0 Å². The van der Waals surface area contributed by atoms with E-state index < -0.39 is 5.60 Å².